The molecule has 0 aliphatic rings. The molecule has 0 atom stereocenters. The Morgan fingerprint density at radius 3 is 2.55 bits per heavy atom. The van der Waals surface area contributed by atoms with Gasteiger partial charge >= 0.3 is 0 Å². The third-order valence-electron chi connectivity index (χ3n) is 4.62. The Morgan fingerprint density at radius 1 is 1.10 bits per heavy atom. The van der Waals surface area contributed by atoms with Crippen LogP contribution in [0.1, 0.15) is 27.3 Å². The van der Waals surface area contributed by atoms with Gasteiger partial charge < -0.3 is 10.2 Å². The summed E-state index contributed by atoms with van der Waals surface area (Å²) in [6.45, 7) is 5.95. The van der Waals surface area contributed by atoms with E-state index in [1.807, 2.05) is 25.3 Å². The standard InChI is InChI=1S/C22H24ClN5O2S/c1-13-6-7-14(2)19(10-13)28-15(3)25-26-22(28)31-12-20(29)24-16-8-9-18(23)17(11-16)21(30)27(4)5/h6-11H,12H2,1-5H3,(H,24,29). The molecule has 0 unspecified atom stereocenters. The van der Waals surface area contributed by atoms with Crippen molar-refractivity contribution in [2.75, 3.05) is 25.2 Å². The molecule has 7 nitrogen and oxygen atoms in total. The fourth-order valence-electron chi connectivity index (χ4n) is 3.01. The fraction of sp³-hybridized carbons (Fsp3) is 0.273. The van der Waals surface area contributed by atoms with E-state index in [-0.39, 0.29) is 17.6 Å². The summed E-state index contributed by atoms with van der Waals surface area (Å²) in [5, 5.41) is 12.2. The number of rotatable bonds is 6. The number of nitrogens with zero attached hydrogens (tertiary/aromatic N) is 4. The van der Waals surface area contributed by atoms with Crippen molar-refractivity contribution in [2.45, 2.75) is 25.9 Å². The van der Waals surface area contributed by atoms with Crippen LogP contribution in [0.25, 0.3) is 5.69 Å². The van der Waals surface area contributed by atoms with Crippen molar-refractivity contribution >= 4 is 40.9 Å². The molecule has 0 radical (unpaired) electrons. The molecule has 0 spiro atoms. The van der Waals surface area contributed by atoms with Gasteiger partial charge in [-0.15, -0.1) is 10.2 Å². The minimum Gasteiger partial charge on any atom is -0.345 e. The number of hydrogen-bond donors (Lipinski definition) is 1. The molecule has 1 heterocycles. The zero-order valence-electron chi connectivity index (χ0n) is 18.1. The number of benzene rings is 2. The molecule has 3 rings (SSSR count). The number of anilines is 1. The largest absolute Gasteiger partial charge is 0.345 e. The lowest BCUT2D eigenvalue weighted by Gasteiger charge is -2.14. The molecule has 0 saturated carbocycles. The number of thioether (sulfide) groups is 1. The second kappa shape index (κ2) is 9.53. The van der Waals surface area contributed by atoms with Crippen LogP contribution in [0, 0.1) is 20.8 Å². The number of halogens is 1. The van der Waals surface area contributed by atoms with Gasteiger partial charge in [0.1, 0.15) is 5.82 Å². The molecular formula is C22H24ClN5O2S. The Kier molecular flexibility index (Phi) is 7.02. The maximum atomic E-state index is 12.5. The van der Waals surface area contributed by atoms with Crippen LogP contribution in [0.5, 0.6) is 0 Å². The Morgan fingerprint density at radius 2 is 1.84 bits per heavy atom. The Hall–Kier alpha value is -2.84. The maximum Gasteiger partial charge on any atom is 0.254 e. The van der Waals surface area contributed by atoms with Crippen molar-refractivity contribution in [3.63, 3.8) is 0 Å². The van der Waals surface area contributed by atoms with Gasteiger partial charge in [-0.05, 0) is 56.2 Å². The third-order valence-corrected chi connectivity index (χ3v) is 5.88. The van der Waals surface area contributed by atoms with Crippen molar-refractivity contribution in [1.82, 2.24) is 19.7 Å². The topological polar surface area (TPSA) is 80.1 Å². The number of hydrogen-bond acceptors (Lipinski definition) is 5. The fourth-order valence-corrected chi connectivity index (χ4v) is 4.00. The van der Waals surface area contributed by atoms with Gasteiger partial charge in [-0.2, -0.15) is 0 Å². The van der Waals surface area contributed by atoms with Crippen molar-refractivity contribution < 1.29 is 9.59 Å². The highest BCUT2D eigenvalue weighted by atomic mass is 35.5. The average molecular weight is 458 g/mol. The molecule has 3 aromatic rings. The first kappa shape index (κ1) is 22.8. The Bertz CT molecular complexity index is 1140. The Labute approximate surface area is 190 Å². The van der Waals surface area contributed by atoms with Gasteiger partial charge in [-0.25, -0.2) is 0 Å². The van der Waals surface area contributed by atoms with E-state index in [4.69, 9.17) is 11.6 Å². The summed E-state index contributed by atoms with van der Waals surface area (Å²) in [6, 6.07) is 11.0. The lowest BCUT2D eigenvalue weighted by molar-refractivity contribution is -0.113. The van der Waals surface area contributed by atoms with E-state index in [1.54, 1.807) is 32.3 Å². The average Bonchev–Trinajstić information content (AvgIpc) is 3.09. The summed E-state index contributed by atoms with van der Waals surface area (Å²) < 4.78 is 1.95. The third kappa shape index (κ3) is 5.26. The van der Waals surface area contributed by atoms with Gasteiger partial charge in [0.05, 0.1) is 22.0 Å². The van der Waals surface area contributed by atoms with E-state index in [0.717, 1.165) is 22.6 Å². The molecule has 2 amide bonds. The molecule has 0 bridgehead atoms. The number of amides is 2. The molecular weight excluding hydrogens is 434 g/mol. The van der Waals surface area contributed by atoms with Crippen LogP contribution in [0.15, 0.2) is 41.6 Å². The highest BCUT2D eigenvalue weighted by Crippen LogP contribution is 2.26. The van der Waals surface area contributed by atoms with Crippen LogP contribution >= 0.6 is 23.4 Å². The van der Waals surface area contributed by atoms with Crippen LogP contribution in [0.4, 0.5) is 5.69 Å². The Balaban J connectivity index is 1.74. The summed E-state index contributed by atoms with van der Waals surface area (Å²) >= 11 is 7.43. The van der Waals surface area contributed by atoms with E-state index in [9.17, 15) is 9.59 Å². The van der Waals surface area contributed by atoms with E-state index in [2.05, 4.69) is 33.7 Å². The molecule has 0 aliphatic heterocycles. The molecule has 162 valence electrons. The van der Waals surface area contributed by atoms with Gasteiger partial charge in [0.25, 0.3) is 5.91 Å². The first-order valence-electron chi connectivity index (χ1n) is 9.61. The zero-order valence-corrected chi connectivity index (χ0v) is 19.6. The van der Waals surface area contributed by atoms with E-state index in [0.29, 0.717) is 21.4 Å². The van der Waals surface area contributed by atoms with Gasteiger partial charge in [-0.3, -0.25) is 14.2 Å². The normalized spacial score (nSPS) is 10.8. The highest BCUT2D eigenvalue weighted by Gasteiger charge is 2.17. The first-order chi connectivity index (χ1) is 14.7. The molecule has 1 aromatic heterocycles. The molecule has 2 aromatic carbocycles. The first-order valence-corrected chi connectivity index (χ1v) is 11.0. The second-order valence-corrected chi connectivity index (χ2v) is 8.74. The summed E-state index contributed by atoms with van der Waals surface area (Å²) in [7, 11) is 3.29. The number of aryl methyl sites for hydroxylation is 3. The predicted octanol–water partition coefficient (Wildman–Crippen LogP) is 4.28. The lowest BCUT2D eigenvalue weighted by atomic mass is 10.1. The number of carbonyl (C=O) groups is 2. The van der Waals surface area contributed by atoms with Crippen LogP contribution in [-0.4, -0.2) is 51.3 Å². The predicted molar refractivity (Wildman–Crippen MR) is 124 cm³/mol. The van der Waals surface area contributed by atoms with Crippen molar-refractivity contribution in [2.24, 2.45) is 0 Å². The smallest absolute Gasteiger partial charge is 0.254 e. The van der Waals surface area contributed by atoms with Crippen molar-refractivity contribution in [3.8, 4) is 5.69 Å². The van der Waals surface area contributed by atoms with Gasteiger partial charge in [-0.1, -0.05) is 35.5 Å². The number of nitrogens with one attached hydrogen (secondary N) is 1. The van der Waals surface area contributed by atoms with Crippen LogP contribution in [0.3, 0.4) is 0 Å². The van der Waals surface area contributed by atoms with E-state index in [1.165, 1.54) is 16.7 Å². The molecule has 0 saturated heterocycles. The van der Waals surface area contributed by atoms with E-state index >= 15 is 0 Å². The maximum absolute atomic E-state index is 12.5. The van der Waals surface area contributed by atoms with Crippen LogP contribution in [0.2, 0.25) is 5.02 Å². The summed E-state index contributed by atoms with van der Waals surface area (Å²) in [6.07, 6.45) is 0. The van der Waals surface area contributed by atoms with Crippen molar-refractivity contribution in [1.29, 1.82) is 0 Å². The lowest BCUT2D eigenvalue weighted by Crippen LogP contribution is -2.22. The SMILES string of the molecule is Cc1ccc(C)c(-n2c(C)nnc2SCC(=O)Nc2ccc(Cl)c(C(=O)N(C)C)c2)c1. The quantitative estimate of drug-likeness (QED) is 0.559. The number of aromatic nitrogens is 3. The van der Waals surface area contributed by atoms with Gasteiger partial charge in [0.15, 0.2) is 5.16 Å². The summed E-state index contributed by atoms with van der Waals surface area (Å²) in [4.78, 5) is 26.2. The molecule has 0 fully saturated rings. The van der Waals surface area contributed by atoms with Crippen LogP contribution < -0.4 is 5.32 Å². The minimum absolute atomic E-state index is 0.141. The molecule has 31 heavy (non-hydrogen) atoms. The molecule has 0 aliphatic carbocycles. The van der Waals surface area contributed by atoms with Gasteiger partial charge in [0, 0.05) is 19.8 Å². The molecule has 9 heteroatoms. The van der Waals surface area contributed by atoms with Gasteiger partial charge in [0.2, 0.25) is 5.91 Å². The summed E-state index contributed by atoms with van der Waals surface area (Å²) in [5.74, 6) is 0.445. The molecule has 1 N–H and O–H groups in total. The monoisotopic (exact) mass is 457 g/mol. The zero-order chi connectivity index (χ0) is 22.7. The van der Waals surface area contributed by atoms with Crippen LogP contribution in [-0.2, 0) is 4.79 Å². The highest BCUT2D eigenvalue weighted by molar-refractivity contribution is 7.99. The van der Waals surface area contributed by atoms with Crippen molar-refractivity contribution in [3.05, 3.63) is 63.9 Å². The number of carbonyl (C=O) groups excluding carboxylic acids is 2. The second-order valence-electron chi connectivity index (χ2n) is 7.39. The minimum atomic E-state index is -0.229. The van der Waals surface area contributed by atoms with E-state index < -0.39 is 0 Å². The summed E-state index contributed by atoms with van der Waals surface area (Å²) in [5.41, 5.74) is 4.07.